The van der Waals surface area contributed by atoms with Crippen LogP contribution >= 0.6 is 11.6 Å². The van der Waals surface area contributed by atoms with Crippen molar-refractivity contribution in [2.75, 3.05) is 0 Å². The maximum atomic E-state index is 8.33. The van der Waals surface area contributed by atoms with Crippen LogP contribution in [-0.4, -0.2) is 10.9 Å². The summed E-state index contributed by atoms with van der Waals surface area (Å²) in [6.07, 6.45) is 0. The third-order valence-corrected chi connectivity index (χ3v) is 1.60. The summed E-state index contributed by atoms with van der Waals surface area (Å²) in [6, 6.07) is 7.18. The van der Waals surface area contributed by atoms with E-state index >= 15 is 0 Å². The van der Waals surface area contributed by atoms with Gasteiger partial charge < -0.3 is 5.21 Å². The molecule has 0 atom stereocenters. The van der Waals surface area contributed by atoms with Gasteiger partial charge in [-0.15, -0.1) is 0 Å². The van der Waals surface area contributed by atoms with Gasteiger partial charge in [-0.2, -0.15) is 0 Å². The molecule has 2 nitrogen and oxygen atoms in total. The molecule has 0 amide bonds. The summed E-state index contributed by atoms with van der Waals surface area (Å²) in [4.78, 5) is 0. The Kier molecular flexibility index (Phi) is 3.36. The van der Waals surface area contributed by atoms with Crippen LogP contribution in [0.4, 0.5) is 0 Å². The zero-order chi connectivity index (χ0) is 9.68. The fourth-order valence-electron chi connectivity index (χ4n) is 0.754. The first-order valence-electron chi connectivity index (χ1n) is 3.68. The first-order chi connectivity index (χ1) is 6.22. The average Bonchev–Trinajstić information content (AvgIpc) is 2.14. The molecule has 0 radical (unpaired) electrons. The van der Waals surface area contributed by atoms with Gasteiger partial charge in [-0.1, -0.05) is 28.7 Å². The first-order valence-corrected chi connectivity index (χ1v) is 4.06. The predicted molar refractivity (Wildman–Crippen MR) is 53.2 cm³/mol. The summed E-state index contributed by atoms with van der Waals surface area (Å²) in [5.41, 5.74) is 1.18. The quantitative estimate of drug-likeness (QED) is 0.292. The SMILES string of the molecule is CC(C#Cc1cccc(Cl)c1)=NO. The molecule has 0 aliphatic heterocycles. The molecule has 3 heteroatoms. The molecule has 0 aliphatic rings. The highest BCUT2D eigenvalue weighted by Crippen LogP contribution is 2.09. The maximum absolute atomic E-state index is 8.33. The first kappa shape index (κ1) is 9.63. The summed E-state index contributed by atoms with van der Waals surface area (Å²) in [5, 5.41) is 11.9. The molecule has 0 unspecified atom stereocenters. The van der Waals surface area contributed by atoms with Crippen LogP contribution in [0.2, 0.25) is 5.02 Å². The average molecular weight is 194 g/mol. The van der Waals surface area contributed by atoms with E-state index in [2.05, 4.69) is 17.0 Å². The maximum Gasteiger partial charge on any atom is 0.126 e. The van der Waals surface area contributed by atoms with E-state index in [4.69, 9.17) is 16.8 Å². The molecule has 0 saturated heterocycles. The molecular weight excluding hydrogens is 186 g/mol. The Morgan fingerprint density at radius 3 is 2.92 bits per heavy atom. The molecule has 1 aromatic carbocycles. The molecule has 66 valence electrons. The molecule has 0 saturated carbocycles. The molecular formula is C10H8ClNO. The lowest BCUT2D eigenvalue weighted by Gasteiger charge is -1.89. The summed E-state index contributed by atoms with van der Waals surface area (Å²) in [7, 11) is 0. The molecule has 0 aromatic heterocycles. The van der Waals surface area contributed by atoms with E-state index in [1.54, 1.807) is 19.1 Å². The number of benzene rings is 1. The van der Waals surface area contributed by atoms with Crippen molar-refractivity contribution in [2.45, 2.75) is 6.92 Å². The van der Waals surface area contributed by atoms with E-state index in [1.165, 1.54) is 0 Å². The van der Waals surface area contributed by atoms with E-state index in [0.717, 1.165) is 5.56 Å². The fraction of sp³-hybridized carbons (Fsp3) is 0.100. The lowest BCUT2D eigenvalue weighted by Crippen LogP contribution is -1.83. The van der Waals surface area contributed by atoms with Crippen LogP contribution in [0, 0.1) is 11.8 Å². The van der Waals surface area contributed by atoms with Gasteiger partial charge in [-0.3, -0.25) is 0 Å². The molecule has 0 bridgehead atoms. The summed E-state index contributed by atoms with van der Waals surface area (Å²) < 4.78 is 0. The minimum Gasteiger partial charge on any atom is -0.410 e. The Morgan fingerprint density at radius 2 is 2.31 bits per heavy atom. The number of halogens is 1. The van der Waals surface area contributed by atoms with Crippen molar-refractivity contribution in [2.24, 2.45) is 5.16 Å². The highest BCUT2D eigenvalue weighted by molar-refractivity contribution is 6.30. The highest BCUT2D eigenvalue weighted by atomic mass is 35.5. The molecule has 1 aromatic rings. The molecule has 0 aliphatic carbocycles. The normalized spacial score (nSPS) is 10.5. The van der Waals surface area contributed by atoms with Crippen LogP contribution in [0.3, 0.4) is 0 Å². The lowest BCUT2D eigenvalue weighted by atomic mass is 10.2. The zero-order valence-corrected chi connectivity index (χ0v) is 7.84. The van der Waals surface area contributed by atoms with Crippen LogP contribution in [0.5, 0.6) is 0 Å². The largest absolute Gasteiger partial charge is 0.410 e. The number of hydrogen-bond donors (Lipinski definition) is 1. The van der Waals surface area contributed by atoms with Crippen molar-refractivity contribution in [3.05, 3.63) is 34.9 Å². The van der Waals surface area contributed by atoms with Crippen molar-refractivity contribution in [3.63, 3.8) is 0 Å². The summed E-state index contributed by atoms with van der Waals surface area (Å²) in [6.45, 7) is 1.62. The monoisotopic (exact) mass is 193 g/mol. The molecule has 1 N–H and O–H groups in total. The number of nitrogens with zero attached hydrogens (tertiary/aromatic N) is 1. The minimum atomic E-state index is 0.375. The van der Waals surface area contributed by atoms with Crippen LogP contribution in [0.25, 0.3) is 0 Å². The van der Waals surface area contributed by atoms with Crippen LogP contribution < -0.4 is 0 Å². The van der Waals surface area contributed by atoms with Gasteiger partial charge in [0.05, 0.1) is 0 Å². The number of hydrogen-bond acceptors (Lipinski definition) is 2. The topological polar surface area (TPSA) is 32.6 Å². The predicted octanol–water partition coefficient (Wildman–Crippen LogP) is 2.54. The zero-order valence-electron chi connectivity index (χ0n) is 7.08. The smallest absolute Gasteiger partial charge is 0.126 e. The Hall–Kier alpha value is -1.46. The van der Waals surface area contributed by atoms with Crippen molar-refractivity contribution in [1.29, 1.82) is 0 Å². The Labute approximate surface area is 81.8 Å². The van der Waals surface area contributed by atoms with Gasteiger partial charge in [-0.25, -0.2) is 0 Å². The van der Waals surface area contributed by atoms with Crippen molar-refractivity contribution >= 4 is 17.3 Å². The summed E-state index contributed by atoms with van der Waals surface area (Å²) >= 11 is 5.75. The Balaban J connectivity index is 2.90. The van der Waals surface area contributed by atoms with E-state index < -0.39 is 0 Å². The van der Waals surface area contributed by atoms with Crippen LogP contribution in [0.1, 0.15) is 12.5 Å². The van der Waals surface area contributed by atoms with Gasteiger partial charge in [0.25, 0.3) is 0 Å². The fourth-order valence-corrected chi connectivity index (χ4v) is 0.944. The minimum absolute atomic E-state index is 0.375. The van der Waals surface area contributed by atoms with Crippen LogP contribution in [0.15, 0.2) is 29.4 Å². The standard InChI is InChI=1S/C10H8ClNO/c1-8(12-13)5-6-9-3-2-4-10(11)7-9/h2-4,7,13H,1H3. The van der Waals surface area contributed by atoms with E-state index in [-0.39, 0.29) is 0 Å². The Bertz CT molecular complexity index is 387. The Morgan fingerprint density at radius 1 is 1.54 bits per heavy atom. The lowest BCUT2D eigenvalue weighted by molar-refractivity contribution is 0.319. The van der Waals surface area contributed by atoms with Gasteiger partial charge >= 0.3 is 0 Å². The summed E-state index contributed by atoms with van der Waals surface area (Å²) in [5.74, 6) is 5.48. The van der Waals surface area contributed by atoms with Crippen LogP contribution in [-0.2, 0) is 0 Å². The van der Waals surface area contributed by atoms with E-state index in [1.807, 2.05) is 12.1 Å². The third kappa shape index (κ3) is 3.18. The highest BCUT2D eigenvalue weighted by Gasteiger charge is 1.88. The van der Waals surface area contributed by atoms with Gasteiger partial charge in [0.15, 0.2) is 0 Å². The number of rotatable bonds is 0. The molecule has 0 heterocycles. The van der Waals surface area contributed by atoms with E-state index in [0.29, 0.717) is 10.7 Å². The van der Waals surface area contributed by atoms with Gasteiger partial charge in [-0.05, 0) is 31.0 Å². The third-order valence-electron chi connectivity index (χ3n) is 1.36. The second kappa shape index (κ2) is 4.54. The van der Waals surface area contributed by atoms with Crippen molar-refractivity contribution < 1.29 is 5.21 Å². The number of oxime groups is 1. The molecule has 13 heavy (non-hydrogen) atoms. The second-order valence-corrected chi connectivity index (χ2v) is 2.88. The van der Waals surface area contributed by atoms with Crippen molar-refractivity contribution in [1.82, 2.24) is 0 Å². The van der Waals surface area contributed by atoms with E-state index in [9.17, 15) is 0 Å². The van der Waals surface area contributed by atoms with Crippen molar-refractivity contribution in [3.8, 4) is 11.8 Å². The van der Waals surface area contributed by atoms with Gasteiger partial charge in [0, 0.05) is 10.6 Å². The molecule has 1 rings (SSSR count). The van der Waals surface area contributed by atoms with Gasteiger partial charge in [0.2, 0.25) is 0 Å². The molecule has 0 spiro atoms. The van der Waals surface area contributed by atoms with Gasteiger partial charge in [0.1, 0.15) is 5.71 Å². The molecule has 0 fully saturated rings. The second-order valence-electron chi connectivity index (χ2n) is 2.45.